The first kappa shape index (κ1) is 13.9. The molecule has 0 amide bonds. The summed E-state index contributed by atoms with van der Waals surface area (Å²) in [5, 5.41) is 8.61. The fourth-order valence-corrected chi connectivity index (χ4v) is 2.10. The minimum atomic E-state index is -4.30. The molecule has 19 heavy (non-hydrogen) atoms. The Morgan fingerprint density at radius 3 is 2.63 bits per heavy atom. The van der Waals surface area contributed by atoms with Crippen molar-refractivity contribution in [1.29, 1.82) is 5.26 Å². The predicted molar refractivity (Wildman–Crippen MR) is 65.1 cm³/mol. The molecule has 1 fully saturated rings. The van der Waals surface area contributed by atoms with Crippen LogP contribution in [0.5, 0.6) is 0 Å². The van der Waals surface area contributed by atoms with E-state index in [1.54, 1.807) is 6.07 Å². The molecule has 1 saturated carbocycles. The number of alkyl halides is 3. The molecule has 0 saturated heterocycles. The molecule has 0 atom stereocenters. The van der Waals surface area contributed by atoms with Crippen LogP contribution in [0.2, 0.25) is 0 Å². The first-order valence-corrected chi connectivity index (χ1v) is 6.28. The molecule has 1 aromatic carbocycles. The second-order valence-electron chi connectivity index (χ2n) is 4.81. The van der Waals surface area contributed by atoms with Crippen molar-refractivity contribution in [1.82, 2.24) is 4.90 Å². The van der Waals surface area contributed by atoms with Crippen molar-refractivity contribution in [3.63, 3.8) is 0 Å². The number of nitriles is 1. The van der Waals surface area contributed by atoms with Crippen molar-refractivity contribution in [3.05, 3.63) is 35.4 Å². The van der Waals surface area contributed by atoms with Gasteiger partial charge in [-0.2, -0.15) is 18.4 Å². The molecular formula is C14H15F3N2. The summed E-state index contributed by atoms with van der Waals surface area (Å²) in [5.41, 5.74) is 0.0423. The van der Waals surface area contributed by atoms with Crippen LogP contribution in [0.3, 0.4) is 0 Å². The number of hydrogen-bond acceptors (Lipinski definition) is 2. The summed E-state index contributed by atoms with van der Waals surface area (Å²) in [6.45, 7) is 1.10. The van der Waals surface area contributed by atoms with Crippen molar-refractivity contribution < 1.29 is 13.2 Å². The summed E-state index contributed by atoms with van der Waals surface area (Å²) in [4.78, 5) is 2.10. The molecule has 0 unspecified atom stereocenters. The van der Waals surface area contributed by atoms with E-state index in [9.17, 15) is 13.2 Å². The van der Waals surface area contributed by atoms with Gasteiger partial charge in [-0.05, 0) is 24.5 Å². The van der Waals surface area contributed by atoms with E-state index in [0.29, 0.717) is 31.1 Å². The third kappa shape index (κ3) is 3.97. The van der Waals surface area contributed by atoms with E-state index >= 15 is 0 Å². The van der Waals surface area contributed by atoms with Gasteiger partial charge in [0.25, 0.3) is 0 Å². The first-order valence-electron chi connectivity index (χ1n) is 6.28. The Balaban J connectivity index is 2.06. The zero-order valence-electron chi connectivity index (χ0n) is 10.5. The molecule has 2 rings (SSSR count). The molecule has 0 radical (unpaired) electrons. The highest BCUT2D eigenvalue weighted by Crippen LogP contribution is 2.31. The minimum Gasteiger partial charge on any atom is -0.295 e. The summed E-state index contributed by atoms with van der Waals surface area (Å²) < 4.78 is 37.9. The highest BCUT2D eigenvalue weighted by atomic mass is 19.4. The van der Waals surface area contributed by atoms with Gasteiger partial charge >= 0.3 is 6.18 Å². The van der Waals surface area contributed by atoms with Gasteiger partial charge < -0.3 is 0 Å². The van der Waals surface area contributed by atoms with Crippen LogP contribution in [0, 0.1) is 11.3 Å². The van der Waals surface area contributed by atoms with E-state index in [-0.39, 0.29) is 0 Å². The molecule has 1 aliphatic rings. The Bertz CT molecular complexity index is 472. The average Bonchev–Trinajstić information content (AvgIpc) is 3.18. The molecule has 0 bridgehead atoms. The van der Waals surface area contributed by atoms with Gasteiger partial charge in [0.2, 0.25) is 0 Å². The summed E-state index contributed by atoms with van der Waals surface area (Å²) >= 11 is 0. The van der Waals surface area contributed by atoms with Crippen molar-refractivity contribution >= 4 is 0 Å². The lowest BCUT2D eigenvalue weighted by atomic mass is 10.1. The van der Waals surface area contributed by atoms with E-state index in [0.717, 1.165) is 18.9 Å². The van der Waals surface area contributed by atoms with Crippen molar-refractivity contribution in [2.45, 2.75) is 38.0 Å². The molecule has 1 aromatic rings. The molecule has 1 aliphatic carbocycles. The molecule has 2 nitrogen and oxygen atoms in total. The molecule has 0 N–H and O–H groups in total. The molecular weight excluding hydrogens is 253 g/mol. The number of hydrogen-bond donors (Lipinski definition) is 0. The van der Waals surface area contributed by atoms with Gasteiger partial charge in [-0.1, -0.05) is 18.2 Å². The zero-order valence-corrected chi connectivity index (χ0v) is 10.5. The minimum absolute atomic E-state index is 0.412. The molecule has 102 valence electrons. The van der Waals surface area contributed by atoms with E-state index in [1.807, 2.05) is 0 Å². The largest absolute Gasteiger partial charge is 0.416 e. The molecule has 0 aliphatic heterocycles. The Labute approximate surface area is 110 Å². The van der Waals surface area contributed by atoms with Crippen molar-refractivity contribution in [2.75, 3.05) is 6.54 Å². The summed E-state index contributed by atoms with van der Waals surface area (Å²) in [5.74, 6) is 0. The Morgan fingerprint density at radius 2 is 2.05 bits per heavy atom. The lowest BCUT2D eigenvalue weighted by Crippen LogP contribution is -2.26. The van der Waals surface area contributed by atoms with Gasteiger partial charge in [0.05, 0.1) is 11.6 Å². The predicted octanol–water partition coefficient (Wildman–Crippen LogP) is 3.58. The standard InChI is InChI=1S/C14H15F3N2/c15-14(16,17)12-4-1-3-11(9-12)10-19(8-2-7-18)13-5-6-13/h1,3-4,9,13H,2,5-6,8,10H2. The Morgan fingerprint density at radius 1 is 1.32 bits per heavy atom. The monoisotopic (exact) mass is 268 g/mol. The van der Waals surface area contributed by atoms with Crippen LogP contribution >= 0.6 is 0 Å². The lowest BCUT2D eigenvalue weighted by molar-refractivity contribution is -0.137. The SMILES string of the molecule is N#CCCN(Cc1cccc(C(F)(F)F)c1)C1CC1. The topological polar surface area (TPSA) is 27.0 Å². The third-order valence-corrected chi connectivity index (χ3v) is 3.21. The highest BCUT2D eigenvalue weighted by molar-refractivity contribution is 5.25. The number of rotatable bonds is 5. The summed E-state index contributed by atoms with van der Waals surface area (Å²) in [7, 11) is 0. The second-order valence-corrected chi connectivity index (χ2v) is 4.81. The van der Waals surface area contributed by atoms with Crippen LogP contribution in [0.4, 0.5) is 13.2 Å². The number of benzene rings is 1. The van der Waals surface area contributed by atoms with Crippen LogP contribution in [0.15, 0.2) is 24.3 Å². The summed E-state index contributed by atoms with van der Waals surface area (Å²) in [6, 6.07) is 7.94. The Kier molecular flexibility index (Phi) is 4.11. The first-order chi connectivity index (χ1) is 9.00. The van der Waals surface area contributed by atoms with Crippen LogP contribution in [-0.4, -0.2) is 17.5 Å². The maximum atomic E-state index is 12.6. The molecule has 5 heteroatoms. The van der Waals surface area contributed by atoms with Crippen LogP contribution in [0.1, 0.15) is 30.4 Å². The maximum absolute atomic E-state index is 12.6. The second kappa shape index (κ2) is 5.62. The number of nitrogens with zero attached hydrogens (tertiary/aromatic N) is 2. The van der Waals surface area contributed by atoms with Gasteiger partial charge in [0.1, 0.15) is 0 Å². The van der Waals surface area contributed by atoms with E-state index in [2.05, 4.69) is 11.0 Å². The van der Waals surface area contributed by atoms with Gasteiger partial charge in [-0.15, -0.1) is 0 Å². The van der Waals surface area contributed by atoms with Crippen LogP contribution in [-0.2, 0) is 12.7 Å². The number of halogens is 3. The third-order valence-electron chi connectivity index (χ3n) is 3.21. The highest BCUT2D eigenvalue weighted by Gasteiger charge is 2.31. The van der Waals surface area contributed by atoms with Gasteiger partial charge in [0, 0.05) is 25.6 Å². The lowest BCUT2D eigenvalue weighted by Gasteiger charge is -2.21. The maximum Gasteiger partial charge on any atom is 0.416 e. The molecule has 0 heterocycles. The van der Waals surface area contributed by atoms with Crippen molar-refractivity contribution in [2.24, 2.45) is 0 Å². The molecule has 0 spiro atoms. The van der Waals surface area contributed by atoms with Crippen molar-refractivity contribution in [3.8, 4) is 6.07 Å². The summed E-state index contributed by atoms with van der Waals surface area (Å²) in [6.07, 6.45) is -1.74. The quantitative estimate of drug-likeness (QED) is 0.816. The van der Waals surface area contributed by atoms with Gasteiger partial charge in [0.15, 0.2) is 0 Å². The Hall–Kier alpha value is -1.54. The van der Waals surface area contributed by atoms with E-state index < -0.39 is 11.7 Å². The molecule has 0 aromatic heterocycles. The fourth-order valence-electron chi connectivity index (χ4n) is 2.10. The zero-order chi connectivity index (χ0) is 13.9. The van der Waals surface area contributed by atoms with Crippen LogP contribution < -0.4 is 0 Å². The van der Waals surface area contributed by atoms with Gasteiger partial charge in [-0.25, -0.2) is 0 Å². The van der Waals surface area contributed by atoms with E-state index in [4.69, 9.17) is 5.26 Å². The fraction of sp³-hybridized carbons (Fsp3) is 0.500. The average molecular weight is 268 g/mol. The van der Waals surface area contributed by atoms with E-state index in [1.165, 1.54) is 12.1 Å². The van der Waals surface area contributed by atoms with Crippen LogP contribution in [0.25, 0.3) is 0 Å². The smallest absolute Gasteiger partial charge is 0.295 e. The van der Waals surface area contributed by atoms with Gasteiger partial charge in [-0.3, -0.25) is 4.90 Å². The normalized spacial score (nSPS) is 15.5.